The van der Waals surface area contributed by atoms with Crippen LogP contribution in [0, 0.1) is 5.41 Å². The summed E-state index contributed by atoms with van der Waals surface area (Å²) < 4.78 is 0. The lowest BCUT2D eigenvalue weighted by Crippen LogP contribution is -2.26. The van der Waals surface area contributed by atoms with E-state index in [2.05, 4.69) is 29.1 Å². The number of amides is 1. The van der Waals surface area contributed by atoms with Crippen LogP contribution in [0.1, 0.15) is 38.8 Å². The fourth-order valence-electron chi connectivity index (χ4n) is 1.67. The van der Waals surface area contributed by atoms with Gasteiger partial charge < -0.3 is 11.1 Å². The summed E-state index contributed by atoms with van der Waals surface area (Å²) >= 11 is 0. The standard InChI is InChI=1S/C13H22N4O/c1-13(2,6-7-14)5-3-12(18)16-9-11-4-8-15-10-17-11/h4,8,10H,3,5-7,9,14H2,1-2H3,(H,16,18). The topological polar surface area (TPSA) is 80.9 Å². The molecule has 0 atom stereocenters. The summed E-state index contributed by atoms with van der Waals surface area (Å²) in [5, 5.41) is 2.85. The molecule has 3 N–H and O–H groups in total. The Morgan fingerprint density at radius 2 is 2.22 bits per heavy atom. The Kier molecular flexibility index (Phi) is 5.71. The van der Waals surface area contributed by atoms with E-state index in [0.717, 1.165) is 18.5 Å². The first kappa shape index (κ1) is 14.6. The fraction of sp³-hybridized carbons (Fsp3) is 0.615. The molecular formula is C13H22N4O. The molecule has 1 amide bonds. The van der Waals surface area contributed by atoms with E-state index in [1.165, 1.54) is 6.33 Å². The van der Waals surface area contributed by atoms with Gasteiger partial charge in [0.1, 0.15) is 6.33 Å². The summed E-state index contributed by atoms with van der Waals surface area (Å²) in [5.74, 6) is 0.0544. The predicted molar refractivity (Wildman–Crippen MR) is 70.6 cm³/mol. The molecule has 5 heteroatoms. The van der Waals surface area contributed by atoms with E-state index < -0.39 is 0 Å². The van der Waals surface area contributed by atoms with Crippen LogP contribution >= 0.6 is 0 Å². The summed E-state index contributed by atoms with van der Waals surface area (Å²) in [6.45, 7) is 5.39. The summed E-state index contributed by atoms with van der Waals surface area (Å²) in [7, 11) is 0. The Morgan fingerprint density at radius 3 is 2.83 bits per heavy atom. The van der Waals surface area contributed by atoms with Gasteiger partial charge in [0, 0.05) is 12.6 Å². The van der Waals surface area contributed by atoms with Crippen LogP contribution in [0.5, 0.6) is 0 Å². The van der Waals surface area contributed by atoms with Gasteiger partial charge in [0.15, 0.2) is 0 Å². The molecule has 5 nitrogen and oxygen atoms in total. The highest BCUT2D eigenvalue weighted by atomic mass is 16.1. The van der Waals surface area contributed by atoms with Gasteiger partial charge in [-0.1, -0.05) is 13.8 Å². The van der Waals surface area contributed by atoms with Gasteiger partial charge in [-0.25, -0.2) is 9.97 Å². The number of nitrogens with one attached hydrogen (secondary N) is 1. The van der Waals surface area contributed by atoms with E-state index in [9.17, 15) is 4.79 Å². The van der Waals surface area contributed by atoms with E-state index in [1.54, 1.807) is 12.3 Å². The van der Waals surface area contributed by atoms with Crippen LogP contribution in [-0.2, 0) is 11.3 Å². The number of hydrogen-bond acceptors (Lipinski definition) is 4. The zero-order valence-corrected chi connectivity index (χ0v) is 11.1. The Hall–Kier alpha value is -1.49. The Labute approximate surface area is 108 Å². The monoisotopic (exact) mass is 250 g/mol. The minimum atomic E-state index is 0.0544. The predicted octanol–water partition coefficient (Wildman–Crippen LogP) is 1.25. The minimum Gasteiger partial charge on any atom is -0.350 e. The smallest absolute Gasteiger partial charge is 0.220 e. The number of carbonyl (C=O) groups is 1. The highest BCUT2D eigenvalue weighted by molar-refractivity contribution is 5.75. The SMILES string of the molecule is CC(C)(CCN)CCC(=O)NCc1ccncn1. The summed E-state index contributed by atoms with van der Waals surface area (Å²) in [6, 6.07) is 1.79. The maximum absolute atomic E-state index is 11.7. The van der Waals surface area contributed by atoms with Gasteiger partial charge in [-0.3, -0.25) is 4.79 Å². The van der Waals surface area contributed by atoms with Crippen molar-refractivity contribution < 1.29 is 4.79 Å². The molecule has 0 bridgehead atoms. The molecule has 100 valence electrons. The maximum atomic E-state index is 11.7. The van der Waals surface area contributed by atoms with E-state index >= 15 is 0 Å². The van der Waals surface area contributed by atoms with Crippen molar-refractivity contribution in [1.82, 2.24) is 15.3 Å². The zero-order valence-electron chi connectivity index (χ0n) is 11.1. The van der Waals surface area contributed by atoms with Crippen LogP contribution in [0.2, 0.25) is 0 Å². The lowest BCUT2D eigenvalue weighted by molar-refractivity contribution is -0.121. The van der Waals surface area contributed by atoms with Crippen LogP contribution in [0.25, 0.3) is 0 Å². The lowest BCUT2D eigenvalue weighted by atomic mass is 9.84. The Morgan fingerprint density at radius 1 is 1.44 bits per heavy atom. The maximum Gasteiger partial charge on any atom is 0.220 e. The summed E-state index contributed by atoms with van der Waals surface area (Å²) in [4.78, 5) is 19.6. The van der Waals surface area contributed by atoms with E-state index in [1.807, 2.05) is 0 Å². The molecule has 0 fully saturated rings. The molecule has 1 aromatic rings. The number of aromatic nitrogens is 2. The van der Waals surface area contributed by atoms with Gasteiger partial charge in [0.2, 0.25) is 5.91 Å². The molecule has 0 aliphatic carbocycles. The van der Waals surface area contributed by atoms with Crippen molar-refractivity contribution in [2.24, 2.45) is 11.1 Å². The first-order valence-corrected chi connectivity index (χ1v) is 6.25. The molecule has 0 aromatic carbocycles. The van der Waals surface area contributed by atoms with Crippen molar-refractivity contribution in [3.05, 3.63) is 24.3 Å². The normalized spacial score (nSPS) is 11.3. The van der Waals surface area contributed by atoms with Crippen molar-refractivity contribution in [1.29, 1.82) is 0 Å². The van der Waals surface area contributed by atoms with E-state index in [-0.39, 0.29) is 11.3 Å². The molecule has 1 heterocycles. The van der Waals surface area contributed by atoms with Crippen LogP contribution in [0.4, 0.5) is 0 Å². The molecule has 0 aliphatic heterocycles. The van der Waals surface area contributed by atoms with Crippen molar-refractivity contribution in [2.75, 3.05) is 6.54 Å². The third-order valence-electron chi connectivity index (χ3n) is 2.96. The van der Waals surface area contributed by atoms with Crippen molar-refractivity contribution in [3.8, 4) is 0 Å². The van der Waals surface area contributed by atoms with Crippen LogP contribution in [-0.4, -0.2) is 22.4 Å². The molecule has 18 heavy (non-hydrogen) atoms. The molecular weight excluding hydrogens is 228 g/mol. The summed E-state index contributed by atoms with van der Waals surface area (Å²) in [6.07, 6.45) is 5.45. The number of nitrogens with zero attached hydrogens (tertiary/aromatic N) is 2. The zero-order chi connectivity index (χ0) is 13.4. The average molecular weight is 250 g/mol. The largest absolute Gasteiger partial charge is 0.350 e. The van der Waals surface area contributed by atoms with Gasteiger partial charge in [-0.2, -0.15) is 0 Å². The van der Waals surface area contributed by atoms with Crippen LogP contribution in [0.15, 0.2) is 18.6 Å². The van der Waals surface area contributed by atoms with Gasteiger partial charge in [-0.15, -0.1) is 0 Å². The molecule has 0 saturated carbocycles. The van der Waals surface area contributed by atoms with E-state index in [4.69, 9.17) is 5.73 Å². The van der Waals surface area contributed by atoms with Crippen molar-refractivity contribution in [3.63, 3.8) is 0 Å². The second kappa shape index (κ2) is 7.06. The van der Waals surface area contributed by atoms with Gasteiger partial charge >= 0.3 is 0 Å². The minimum absolute atomic E-state index is 0.0544. The van der Waals surface area contributed by atoms with Gasteiger partial charge in [-0.05, 0) is 30.9 Å². The molecule has 0 spiro atoms. The van der Waals surface area contributed by atoms with Crippen LogP contribution in [0.3, 0.4) is 0 Å². The van der Waals surface area contributed by atoms with Crippen LogP contribution < -0.4 is 11.1 Å². The molecule has 0 saturated heterocycles. The Balaban J connectivity index is 2.26. The second-order valence-electron chi connectivity index (χ2n) is 5.18. The number of carbonyl (C=O) groups excluding carboxylic acids is 1. The summed E-state index contributed by atoms with van der Waals surface area (Å²) in [5.41, 5.74) is 6.49. The van der Waals surface area contributed by atoms with Gasteiger partial charge in [0.05, 0.1) is 12.2 Å². The molecule has 1 rings (SSSR count). The van der Waals surface area contributed by atoms with Crippen molar-refractivity contribution >= 4 is 5.91 Å². The number of nitrogens with two attached hydrogens (primary N) is 1. The third-order valence-corrected chi connectivity index (χ3v) is 2.96. The van der Waals surface area contributed by atoms with Crippen molar-refractivity contribution in [2.45, 2.75) is 39.7 Å². The molecule has 1 aromatic heterocycles. The molecule has 0 radical (unpaired) electrons. The highest BCUT2D eigenvalue weighted by Crippen LogP contribution is 2.25. The molecule has 0 aliphatic rings. The first-order valence-electron chi connectivity index (χ1n) is 6.25. The van der Waals surface area contributed by atoms with Gasteiger partial charge in [0.25, 0.3) is 0 Å². The number of hydrogen-bond donors (Lipinski definition) is 2. The van der Waals surface area contributed by atoms with E-state index in [0.29, 0.717) is 19.5 Å². The second-order valence-corrected chi connectivity index (χ2v) is 5.18. The Bertz CT molecular complexity index is 365. The lowest BCUT2D eigenvalue weighted by Gasteiger charge is -2.23. The quantitative estimate of drug-likeness (QED) is 0.763. The third kappa shape index (κ3) is 5.72. The number of rotatable bonds is 7. The highest BCUT2D eigenvalue weighted by Gasteiger charge is 2.18. The fourth-order valence-corrected chi connectivity index (χ4v) is 1.67. The average Bonchev–Trinajstić information content (AvgIpc) is 2.35. The molecule has 0 unspecified atom stereocenters. The first-order chi connectivity index (χ1) is 8.53.